The number of rotatable bonds is 33. The molecule has 0 fully saturated rings. The maximum absolute atomic E-state index is 13.4. The van der Waals surface area contributed by atoms with Crippen molar-refractivity contribution in [2.75, 3.05) is 126 Å². The van der Waals surface area contributed by atoms with Crippen LogP contribution in [0.2, 0.25) is 20.1 Å². The van der Waals surface area contributed by atoms with Crippen molar-refractivity contribution >= 4 is 76.7 Å². The van der Waals surface area contributed by atoms with Crippen LogP contribution in [0.3, 0.4) is 0 Å². The fourth-order valence-corrected chi connectivity index (χ4v) is 12.8. The zero-order chi connectivity index (χ0) is 59.6. The molecule has 23 heteroatoms. The van der Waals surface area contributed by atoms with Crippen molar-refractivity contribution < 1.29 is 42.9 Å². The molecule has 456 valence electrons. The number of halogens is 4. The van der Waals surface area contributed by atoms with Crippen LogP contribution in [0.25, 0.3) is 0 Å². The average Bonchev–Trinajstić information content (AvgIpc) is 1.57. The first-order chi connectivity index (χ1) is 40.6. The zero-order valence-electron chi connectivity index (χ0n) is 48.1. The molecular formula is C61H80Cl4N10O9. The summed E-state index contributed by atoms with van der Waals surface area (Å²) in [7, 11) is 4.14. The Kier molecular flexibility index (Phi) is 24.6. The fourth-order valence-electron chi connectivity index (χ4n) is 11.7. The Labute approximate surface area is 513 Å². The van der Waals surface area contributed by atoms with Gasteiger partial charge in [-0.25, -0.2) is 9.59 Å². The number of carbonyl (C=O) groups excluding carboxylic acids is 5. The van der Waals surface area contributed by atoms with Crippen LogP contribution in [-0.4, -0.2) is 181 Å². The lowest BCUT2D eigenvalue weighted by Crippen LogP contribution is -2.43. The van der Waals surface area contributed by atoms with Gasteiger partial charge in [0.25, 0.3) is 11.8 Å². The summed E-state index contributed by atoms with van der Waals surface area (Å²) in [6.07, 6.45) is 4.58. The number of fused-ring (bicyclic) bond motifs is 4. The molecule has 0 saturated carbocycles. The lowest BCUT2D eigenvalue weighted by molar-refractivity contribution is -0.109. The van der Waals surface area contributed by atoms with Gasteiger partial charge < -0.3 is 70.9 Å². The first-order valence-corrected chi connectivity index (χ1v) is 30.6. The minimum atomic E-state index is -0.553. The van der Waals surface area contributed by atoms with E-state index in [2.05, 4.69) is 62.6 Å². The molecule has 0 saturated heterocycles. The lowest BCUT2D eigenvalue weighted by atomic mass is 9.84. The van der Waals surface area contributed by atoms with Gasteiger partial charge in [-0.1, -0.05) is 70.7 Å². The second-order valence-electron chi connectivity index (χ2n) is 22.3. The quantitative estimate of drug-likeness (QED) is 0.0202. The Morgan fingerprint density at radius 1 is 0.560 bits per heavy atom. The third kappa shape index (κ3) is 18.1. The monoisotopic (exact) mass is 1240 g/mol. The maximum Gasteiger partial charge on any atom is 0.314 e. The van der Waals surface area contributed by atoms with Gasteiger partial charge in [0.1, 0.15) is 0 Å². The highest BCUT2D eigenvalue weighted by atomic mass is 35.5. The summed E-state index contributed by atoms with van der Waals surface area (Å²) in [6, 6.07) is 19.3. The number of benzene rings is 4. The van der Waals surface area contributed by atoms with E-state index in [9.17, 15) is 24.0 Å². The van der Waals surface area contributed by atoms with E-state index in [0.717, 1.165) is 81.8 Å². The molecule has 7 amide bonds. The van der Waals surface area contributed by atoms with Crippen molar-refractivity contribution in [3.8, 4) is 0 Å². The van der Waals surface area contributed by atoms with Crippen molar-refractivity contribution in [2.45, 2.75) is 82.1 Å². The maximum atomic E-state index is 13.4. The summed E-state index contributed by atoms with van der Waals surface area (Å²) in [6.45, 7) is 9.78. The van der Waals surface area contributed by atoms with Crippen molar-refractivity contribution in [2.24, 2.45) is 5.73 Å². The van der Waals surface area contributed by atoms with Gasteiger partial charge in [-0.15, -0.1) is 0 Å². The van der Waals surface area contributed by atoms with E-state index in [1.807, 2.05) is 36.4 Å². The summed E-state index contributed by atoms with van der Waals surface area (Å²) in [5.41, 5.74) is 16.2. The number of amides is 7. The SMILES string of the molecule is CN1Cc2c(Cl)cc(Cl)cc2C(c2ccc3c(c2)C(=O)N(CCOCCOCCNC(=O)NCCCC(N)(CCCNC=O)CCCNC(=O)NCCOCCOCCN2Cc4ccc(C5CN(C)Cc6c(Cl)cc(Cl)cc65)cc4C2=O)C3)C1. The normalized spacial score (nSPS) is 17.3. The predicted molar refractivity (Wildman–Crippen MR) is 326 cm³/mol. The van der Waals surface area contributed by atoms with Crippen LogP contribution >= 0.6 is 46.4 Å². The number of urea groups is 2. The van der Waals surface area contributed by atoms with E-state index in [0.29, 0.717) is 177 Å². The molecule has 4 heterocycles. The Morgan fingerprint density at radius 2 is 0.964 bits per heavy atom. The summed E-state index contributed by atoms with van der Waals surface area (Å²) < 4.78 is 22.9. The molecule has 4 aliphatic heterocycles. The molecule has 0 aliphatic carbocycles. The molecule has 8 rings (SSSR count). The Hall–Kier alpha value is -5.29. The number of nitrogens with two attached hydrogens (primary N) is 1. The molecule has 4 aliphatic rings. The minimum absolute atomic E-state index is 0.00942. The fraction of sp³-hybridized carbons (Fsp3) is 0.525. The summed E-state index contributed by atoms with van der Waals surface area (Å²) in [5.74, 6) is 0.0778. The van der Waals surface area contributed by atoms with E-state index in [4.69, 9.17) is 71.1 Å². The first kappa shape index (κ1) is 64.7. The number of ether oxygens (including phenoxy) is 4. The summed E-state index contributed by atoms with van der Waals surface area (Å²) >= 11 is 26.0. The molecule has 2 atom stereocenters. The molecule has 0 spiro atoms. The third-order valence-electron chi connectivity index (χ3n) is 16.0. The van der Waals surface area contributed by atoms with Crippen molar-refractivity contribution in [1.29, 1.82) is 0 Å². The number of nitrogens with zero attached hydrogens (tertiary/aromatic N) is 4. The standard InChI is InChI=1S/C61H80Cl4N10O9/c1-72-36-51(49-30-45(62)32-55(64)53(49)38-72)41-6-8-43-34-74(57(77)47(43)28-41)18-22-83-26-24-81-20-16-70-59(79)68-14-4-11-61(66,10-3-13-67-40-76)12-5-15-69-60(80)71-17-21-82-25-27-84-23-19-75-35-44-9-7-42(29-48(44)58(75)78)52-37-73(2)39-54-50(52)31-46(63)33-56(54)65/h6-9,28-33,40,51-52H,3-5,10-27,34-39,66H2,1-2H3,(H,67,76)(H2,68,70,79)(H2,69,71,80). The predicted octanol–water partition coefficient (Wildman–Crippen LogP) is 7.52. The molecule has 0 aromatic heterocycles. The van der Waals surface area contributed by atoms with E-state index >= 15 is 0 Å². The highest BCUT2D eigenvalue weighted by Gasteiger charge is 2.34. The van der Waals surface area contributed by atoms with Gasteiger partial charge in [-0.05, 0) is 134 Å². The van der Waals surface area contributed by atoms with Crippen LogP contribution in [0.5, 0.6) is 0 Å². The summed E-state index contributed by atoms with van der Waals surface area (Å²) in [5, 5.41) is 16.6. The topological polar surface area (TPSA) is 221 Å². The Morgan fingerprint density at radius 3 is 1.39 bits per heavy atom. The highest BCUT2D eigenvalue weighted by Crippen LogP contribution is 2.41. The number of likely N-dealkylation sites (N-methyl/N-ethyl adjacent to an activating group) is 2. The van der Waals surface area contributed by atoms with E-state index in [1.165, 1.54) is 0 Å². The van der Waals surface area contributed by atoms with Crippen molar-refractivity contribution in [3.63, 3.8) is 0 Å². The Bertz CT molecular complexity index is 2740. The molecule has 0 bridgehead atoms. The van der Waals surface area contributed by atoms with E-state index in [1.54, 1.807) is 21.9 Å². The Balaban J connectivity index is 0.617. The van der Waals surface area contributed by atoms with Crippen LogP contribution in [-0.2, 0) is 49.9 Å². The average molecular weight is 1240 g/mol. The highest BCUT2D eigenvalue weighted by molar-refractivity contribution is 6.35. The van der Waals surface area contributed by atoms with Crippen LogP contribution in [0.15, 0.2) is 60.7 Å². The number of carbonyl (C=O) groups is 5. The second-order valence-corrected chi connectivity index (χ2v) is 23.9. The van der Waals surface area contributed by atoms with Gasteiger partial charge in [0.05, 0.1) is 52.9 Å². The molecule has 4 aromatic carbocycles. The van der Waals surface area contributed by atoms with Gasteiger partial charge in [0, 0.05) is 134 Å². The third-order valence-corrected chi connectivity index (χ3v) is 17.1. The minimum Gasteiger partial charge on any atom is -0.377 e. The number of nitrogens with one attached hydrogen (secondary N) is 5. The van der Waals surface area contributed by atoms with Gasteiger partial charge >= 0.3 is 12.1 Å². The molecule has 4 aromatic rings. The molecule has 19 nitrogen and oxygen atoms in total. The van der Waals surface area contributed by atoms with Gasteiger partial charge in [-0.3, -0.25) is 14.4 Å². The second kappa shape index (κ2) is 31.9. The smallest absolute Gasteiger partial charge is 0.314 e. The van der Waals surface area contributed by atoms with E-state index < -0.39 is 5.54 Å². The number of hydrogen-bond acceptors (Lipinski definition) is 12. The first-order valence-electron chi connectivity index (χ1n) is 29.1. The van der Waals surface area contributed by atoms with Crippen LogP contribution < -0.4 is 32.3 Å². The van der Waals surface area contributed by atoms with Gasteiger partial charge in [-0.2, -0.15) is 0 Å². The molecular weight excluding hydrogens is 1160 g/mol. The van der Waals surface area contributed by atoms with E-state index in [-0.39, 0.29) is 35.7 Å². The van der Waals surface area contributed by atoms with Crippen LogP contribution in [0.4, 0.5) is 9.59 Å². The van der Waals surface area contributed by atoms with Gasteiger partial charge in [0.2, 0.25) is 6.41 Å². The molecule has 0 radical (unpaired) electrons. The lowest BCUT2D eigenvalue weighted by Gasteiger charge is -2.33. The van der Waals surface area contributed by atoms with Gasteiger partial charge in [0.15, 0.2) is 0 Å². The molecule has 7 N–H and O–H groups in total. The van der Waals surface area contributed by atoms with Crippen LogP contribution in [0, 0.1) is 0 Å². The largest absolute Gasteiger partial charge is 0.377 e. The van der Waals surface area contributed by atoms with Crippen molar-refractivity contribution in [3.05, 3.63) is 136 Å². The number of hydrogen-bond donors (Lipinski definition) is 6. The molecule has 84 heavy (non-hydrogen) atoms. The van der Waals surface area contributed by atoms with Crippen molar-refractivity contribution in [1.82, 2.24) is 46.2 Å². The zero-order valence-corrected chi connectivity index (χ0v) is 51.2. The van der Waals surface area contributed by atoms with Crippen LogP contribution in [0.1, 0.15) is 116 Å². The molecule has 2 unspecified atom stereocenters. The summed E-state index contributed by atoms with van der Waals surface area (Å²) in [4.78, 5) is 70.8.